The van der Waals surface area contributed by atoms with Gasteiger partial charge in [0.25, 0.3) is 10.0 Å². The first-order chi connectivity index (χ1) is 9.97. The van der Waals surface area contributed by atoms with E-state index < -0.39 is 10.0 Å². The fourth-order valence-corrected chi connectivity index (χ4v) is 3.87. The zero-order valence-corrected chi connectivity index (χ0v) is 13.1. The Balaban J connectivity index is 1.98. The van der Waals surface area contributed by atoms with Crippen LogP contribution in [0.15, 0.2) is 41.3 Å². The maximum atomic E-state index is 12.4. The highest BCUT2D eigenvalue weighted by Crippen LogP contribution is 2.33. The second-order valence-electron chi connectivity index (χ2n) is 4.57. The van der Waals surface area contributed by atoms with Gasteiger partial charge in [-0.05, 0) is 35.9 Å². The predicted octanol–water partition coefficient (Wildman–Crippen LogP) is 3.73. The largest absolute Gasteiger partial charge is 0.493 e. The lowest BCUT2D eigenvalue weighted by Gasteiger charge is -2.11. The highest BCUT2D eigenvalue weighted by Gasteiger charge is 2.21. The summed E-state index contributed by atoms with van der Waals surface area (Å²) in [5, 5.41) is 0.492. The molecule has 0 unspecified atom stereocenters. The summed E-state index contributed by atoms with van der Waals surface area (Å²) < 4.78 is 32.7. The Hall–Kier alpha value is -1.43. The van der Waals surface area contributed by atoms with Crippen LogP contribution >= 0.6 is 23.2 Å². The van der Waals surface area contributed by atoms with Gasteiger partial charge in [0.1, 0.15) is 5.75 Å². The number of fused-ring (bicyclic) bond motifs is 1. The molecule has 4 nitrogen and oxygen atoms in total. The van der Waals surface area contributed by atoms with Crippen LogP contribution in [0.5, 0.6) is 5.75 Å². The number of anilines is 1. The van der Waals surface area contributed by atoms with E-state index in [0.717, 1.165) is 11.3 Å². The van der Waals surface area contributed by atoms with Crippen LogP contribution in [0.1, 0.15) is 5.56 Å². The molecule has 0 radical (unpaired) electrons. The van der Waals surface area contributed by atoms with E-state index in [4.69, 9.17) is 27.9 Å². The van der Waals surface area contributed by atoms with Crippen LogP contribution in [0, 0.1) is 0 Å². The van der Waals surface area contributed by atoms with Gasteiger partial charge in [0.2, 0.25) is 0 Å². The normalized spacial score (nSPS) is 13.6. The van der Waals surface area contributed by atoms with Crippen molar-refractivity contribution in [3.05, 3.63) is 52.0 Å². The number of benzene rings is 2. The molecule has 0 fully saturated rings. The summed E-state index contributed by atoms with van der Waals surface area (Å²) in [5.74, 6) is 0.727. The molecular formula is C14H11Cl2NO3S. The number of halogens is 2. The van der Waals surface area contributed by atoms with Gasteiger partial charge < -0.3 is 4.74 Å². The summed E-state index contributed by atoms with van der Waals surface area (Å²) in [5.41, 5.74) is 1.06. The van der Waals surface area contributed by atoms with E-state index in [-0.39, 0.29) is 20.6 Å². The zero-order chi connectivity index (χ0) is 15.0. The summed E-state index contributed by atoms with van der Waals surface area (Å²) in [6.07, 6.45) is 0.700. The molecule has 1 heterocycles. The summed E-state index contributed by atoms with van der Waals surface area (Å²) >= 11 is 12.0. The van der Waals surface area contributed by atoms with Gasteiger partial charge in [-0.1, -0.05) is 29.3 Å². The molecule has 0 atom stereocenters. The van der Waals surface area contributed by atoms with Crippen molar-refractivity contribution in [2.75, 3.05) is 11.3 Å². The molecule has 0 spiro atoms. The Labute approximate surface area is 132 Å². The van der Waals surface area contributed by atoms with Gasteiger partial charge in [0.15, 0.2) is 0 Å². The van der Waals surface area contributed by atoms with Crippen molar-refractivity contribution in [2.24, 2.45) is 0 Å². The Bertz CT molecular complexity index is 786. The number of para-hydroxylation sites is 1. The molecule has 1 aliphatic rings. The molecule has 3 rings (SSSR count). The number of hydrogen-bond donors (Lipinski definition) is 1. The summed E-state index contributed by atoms with van der Waals surface area (Å²) in [7, 11) is -3.75. The molecule has 0 bridgehead atoms. The van der Waals surface area contributed by atoms with E-state index in [1.807, 2.05) is 0 Å². The van der Waals surface area contributed by atoms with Gasteiger partial charge in [0.05, 0.1) is 27.2 Å². The van der Waals surface area contributed by atoms with E-state index in [9.17, 15) is 8.42 Å². The number of ether oxygens (including phenoxy) is 1. The third-order valence-corrected chi connectivity index (χ3v) is 5.15. The Morgan fingerprint density at radius 2 is 1.81 bits per heavy atom. The van der Waals surface area contributed by atoms with Crippen LogP contribution < -0.4 is 9.46 Å². The lowest BCUT2D eigenvalue weighted by atomic mass is 10.2. The van der Waals surface area contributed by atoms with Crippen molar-refractivity contribution in [1.29, 1.82) is 0 Å². The minimum absolute atomic E-state index is 0.155. The lowest BCUT2D eigenvalue weighted by Crippen LogP contribution is -2.13. The highest BCUT2D eigenvalue weighted by molar-refractivity contribution is 7.92. The van der Waals surface area contributed by atoms with Crippen LogP contribution in [0.3, 0.4) is 0 Å². The minimum Gasteiger partial charge on any atom is -0.493 e. The minimum atomic E-state index is -3.75. The molecule has 1 aliphatic heterocycles. The van der Waals surface area contributed by atoms with E-state index in [1.165, 1.54) is 6.07 Å². The van der Waals surface area contributed by atoms with Gasteiger partial charge in [-0.2, -0.15) is 0 Å². The third kappa shape index (κ3) is 2.81. The summed E-state index contributed by atoms with van der Waals surface area (Å²) in [4.78, 5) is 0.155. The quantitative estimate of drug-likeness (QED) is 0.923. The molecule has 0 aliphatic carbocycles. The summed E-state index contributed by atoms with van der Waals surface area (Å²) in [6.45, 7) is 0.572. The van der Waals surface area contributed by atoms with Gasteiger partial charge in [-0.25, -0.2) is 8.42 Å². The fraction of sp³-hybridized carbons (Fsp3) is 0.143. The molecule has 7 heteroatoms. The first-order valence-electron chi connectivity index (χ1n) is 6.20. The maximum absolute atomic E-state index is 12.4. The lowest BCUT2D eigenvalue weighted by molar-refractivity contribution is 0.356. The number of nitrogens with one attached hydrogen (secondary N) is 1. The van der Waals surface area contributed by atoms with Crippen LogP contribution in [-0.2, 0) is 16.4 Å². The zero-order valence-electron chi connectivity index (χ0n) is 10.8. The molecular weight excluding hydrogens is 333 g/mol. The van der Waals surface area contributed by atoms with Crippen molar-refractivity contribution in [3.63, 3.8) is 0 Å². The van der Waals surface area contributed by atoms with Gasteiger partial charge in [-0.15, -0.1) is 0 Å². The highest BCUT2D eigenvalue weighted by atomic mass is 35.5. The van der Waals surface area contributed by atoms with Crippen LogP contribution in [0.2, 0.25) is 10.0 Å². The third-order valence-electron chi connectivity index (χ3n) is 3.17. The molecule has 1 N–H and O–H groups in total. The molecule has 21 heavy (non-hydrogen) atoms. The van der Waals surface area contributed by atoms with Crippen molar-refractivity contribution in [1.82, 2.24) is 0 Å². The monoisotopic (exact) mass is 343 g/mol. The first kappa shape index (κ1) is 14.5. The van der Waals surface area contributed by atoms with Crippen LogP contribution in [0.4, 0.5) is 5.69 Å². The maximum Gasteiger partial charge on any atom is 0.262 e. The average molecular weight is 344 g/mol. The summed E-state index contributed by atoms with van der Waals surface area (Å²) in [6, 6.07) is 9.55. The SMILES string of the molecule is O=S(=O)(Nc1c(Cl)cccc1Cl)c1ccc2c(c1)CCO2. The molecule has 2 aromatic carbocycles. The first-order valence-corrected chi connectivity index (χ1v) is 8.44. The van der Waals surface area contributed by atoms with Crippen LogP contribution in [-0.4, -0.2) is 15.0 Å². The van der Waals surface area contributed by atoms with Gasteiger partial charge >= 0.3 is 0 Å². The molecule has 0 saturated carbocycles. The smallest absolute Gasteiger partial charge is 0.262 e. The van der Waals surface area contributed by atoms with E-state index in [0.29, 0.717) is 13.0 Å². The standard InChI is InChI=1S/C14H11Cl2NO3S/c15-11-2-1-3-12(16)14(11)17-21(18,19)10-4-5-13-9(8-10)6-7-20-13/h1-5,8,17H,6-7H2. The predicted molar refractivity (Wildman–Crippen MR) is 82.9 cm³/mol. The molecule has 0 aromatic heterocycles. The number of rotatable bonds is 3. The van der Waals surface area contributed by atoms with Crippen molar-refractivity contribution in [2.45, 2.75) is 11.3 Å². The van der Waals surface area contributed by atoms with Gasteiger partial charge in [-0.3, -0.25) is 4.72 Å². The number of sulfonamides is 1. The second kappa shape index (κ2) is 5.40. The van der Waals surface area contributed by atoms with Crippen molar-refractivity contribution >= 4 is 38.9 Å². The van der Waals surface area contributed by atoms with E-state index in [2.05, 4.69) is 4.72 Å². The van der Waals surface area contributed by atoms with Crippen LogP contribution in [0.25, 0.3) is 0 Å². The van der Waals surface area contributed by atoms with Crippen molar-refractivity contribution < 1.29 is 13.2 Å². The van der Waals surface area contributed by atoms with Crippen molar-refractivity contribution in [3.8, 4) is 5.75 Å². The molecule has 0 saturated heterocycles. The molecule has 110 valence electrons. The average Bonchev–Trinajstić information content (AvgIpc) is 2.90. The topological polar surface area (TPSA) is 55.4 Å². The molecule has 2 aromatic rings. The Kier molecular flexibility index (Phi) is 3.73. The van der Waals surface area contributed by atoms with E-state index >= 15 is 0 Å². The van der Waals surface area contributed by atoms with Gasteiger partial charge in [0, 0.05) is 6.42 Å². The Morgan fingerprint density at radius 3 is 2.52 bits per heavy atom. The molecule has 0 amide bonds. The van der Waals surface area contributed by atoms with E-state index in [1.54, 1.807) is 30.3 Å². The number of hydrogen-bond acceptors (Lipinski definition) is 3. The fourth-order valence-electron chi connectivity index (χ4n) is 2.12. The Morgan fingerprint density at radius 1 is 1.10 bits per heavy atom. The second-order valence-corrected chi connectivity index (χ2v) is 7.07.